The van der Waals surface area contributed by atoms with Crippen LogP contribution in [0.4, 0.5) is 0 Å². The molecule has 1 atom stereocenters. The predicted molar refractivity (Wildman–Crippen MR) is 102 cm³/mol. The lowest BCUT2D eigenvalue weighted by molar-refractivity contribution is 0.434. The summed E-state index contributed by atoms with van der Waals surface area (Å²) in [6.45, 7) is 3.00. The third-order valence-electron chi connectivity index (χ3n) is 4.04. The standard InChI is InChI=1S/C18H18Cl2N4O/c1-11-10-24(23-17(11)14-4-2-3-5-16(14)25)18(21)22-9-12-6-7-13(19)8-15(12)20/h2-8,11,25H,9-10H2,1H3,(H2,21,22). The third-order valence-corrected chi connectivity index (χ3v) is 4.63. The average molecular weight is 377 g/mol. The van der Waals surface area contributed by atoms with Crippen molar-refractivity contribution in [2.45, 2.75) is 13.5 Å². The molecule has 0 aliphatic carbocycles. The van der Waals surface area contributed by atoms with Gasteiger partial charge in [-0.25, -0.2) is 5.01 Å². The Hall–Kier alpha value is -2.24. The Kier molecular flexibility index (Phi) is 5.16. The van der Waals surface area contributed by atoms with Crippen molar-refractivity contribution in [3.05, 3.63) is 63.6 Å². The zero-order chi connectivity index (χ0) is 18.0. The lowest BCUT2D eigenvalue weighted by atomic mass is 9.99. The van der Waals surface area contributed by atoms with E-state index in [0.717, 1.165) is 11.3 Å². The summed E-state index contributed by atoms with van der Waals surface area (Å²) in [5.41, 5.74) is 2.33. The minimum atomic E-state index is 0.106. The average Bonchev–Trinajstić information content (AvgIpc) is 2.96. The first-order chi connectivity index (χ1) is 12.0. The number of rotatable bonds is 3. The van der Waals surface area contributed by atoms with Gasteiger partial charge in [-0.2, -0.15) is 5.10 Å². The van der Waals surface area contributed by atoms with E-state index in [2.05, 4.69) is 10.4 Å². The second kappa shape index (κ2) is 7.33. The van der Waals surface area contributed by atoms with E-state index in [9.17, 15) is 5.11 Å². The number of benzene rings is 2. The molecule has 25 heavy (non-hydrogen) atoms. The number of hydrogen-bond acceptors (Lipinski definition) is 3. The van der Waals surface area contributed by atoms with Gasteiger partial charge in [-0.05, 0) is 29.8 Å². The highest BCUT2D eigenvalue weighted by Crippen LogP contribution is 2.25. The molecular formula is C18H18Cl2N4O. The van der Waals surface area contributed by atoms with Crippen molar-refractivity contribution in [2.75, 3.05) is 6.54 Å². The minimum Gasteiger partial charge on any atom is -0.507 e. The third kappa shape index (κ3) is 3.89. The Morgan fingerprint density at radius 2 is 2.08 bits per heavy atom. The topological polar surface area (TPSA) is 71.7 Å². The molecule has 130 valence electrons. The number of hydrogen-bond donors (Lipinski definition) is 3. The van der Waals surface area contributed by atoms with Gasteiger partial charge in [0.1, 0.15) is 5.75 Å². The van der Waals surface area contributed by atoms with Crippen LogP contribution in [0.3, 0.4) is 0 Å². The smallest absolute Gasteiger partial charge is 0.212 e. The normalized spacial score (nSPS) is 16.7. The van der Waals surface area contributed by atoms with E-state index >= 15 is 0 Å². The fourth-order valence-electron chi connectivity index (χ4n) is 2.70. The highest BCUT2D eigenvalue weighted by atomic mass is 35.5. The van der Waals surface area contributed by atoms with Crippen LogP contribution in [0.15, 0.2) is 47.6 Å². The van der Waals surface area contributed by atoms with Gasteiger partial charge in [-0.1, -0.05) is 48.3 Å². The molecule has 1 heterocycles. The van der Waals surface area contributed by atoms with Gasteiger partial charge in [0, 0.05) is 28.1 Å². The summed E-state index contributed by atoms with van der Waals surface area (Å²) < 4.78 is 0. The fourth-order valence-corrected chi connectivity index (χ4v) is 3.18. The summed E-state index contributed by atoms with van der Waals surface area (Å²) in [4.78, 5) is 0. The minimum absolute atomic E-state index is 0.106. The van der Waals surface area contributed by atoms with Gasteiger partial charge in [0.05, 0.1) is 12.3 Å². The summed E-state index contributed by atoms with van der Waals surface area (Å²) >= 11 is 12.0. The highest BCUT2D eigenvalue weighted by Gasteiger charge is 2.27. The summed E-state index contributed by atoms with van der Waals surface area (Å²) in [6, 6.07) is 12.4. The lowest BCUT2D eigenvalue weighted by Gasteiger charge is -2.17. The Morgan fingerprint density at radius 1 is 1.32 bits per heavy atom. The second-order valence-corrected chi connectivity index (χ2v) is 6.77. The molecule has 0 spiro atoms. The van der Waals surface area contributed by atoms with Gasteiger partial charge in [-0.15, -0.1) is 0 Å². The number of hydrazone groups is 1. The van der Waals surface area contributed by atoms with Crippen LogP contribution in [-0.4, -0.2) is 28.3 Å². The molecule has 3 N–H and O–H groups in total. The van der Waals surface area contributed by atoms with Crippen LogP contribution in [0.2, 0.25) is 10.0 Å². The summed E-state index contributed by atoms with van der Waals surface area (Å²) in [5, 5.41) is 28.5. The maximum atomic E-state index is 10.0. The van der Waals surface area contributed by atoms with E-state index in [1.807, 2.05) is 25.1 Å². The largest absolute Gasteiger partial charge is 0.507 e. The summed E-state index contributed by atoms with van der Waals surface area (Å²) in [7, 11) is 0. The van der Waals surface area contributed by atoms with Crippen molar-refractivity contribution in [2.24, 2.45) is 11.0 Å². The van der Waals surface area contributed by atoms with Crippen molar-refractivity contribution in [1.29, 1.82) is 5.41 Å². The first kappa shape index (κ1) is 17.6. The number of aromatic hydroxyl groups is 1. The van der Waals surface area contributed by atoms with Crippen LogP contribution in [0.25, 0.3) is 0 Å². The molecule has 2 aromatic carbocycles. The van der Waals surface area contributed by atoms with Crippen LogP contribution in [-0.2, 0) is 6.54 Å². The van der Waals surface area contributed by atoms with Crippen LogP contribution in [0, 0.1) is 11.3 Å². The lowest BCUT2D eigenvalue weighted by Crippen LogP contribution is -2.36. The Bertz CT molecular complexity index is 838. The van der Waals surface area contributed by atoms with Gasteiger partial charge in [0.2, 0.25) is 5.96 Å². The zero-order valence-electron chi connectivity index (χ0n) is 13.6. The van der Waals surface area contributed by atoms with Crippen LogP contribution in [0.5, 0.6) is 5.75 Å². The molecule has 0 saturated carbocycles. The maximum Gasteiger partial charge on any atom is 0.212 e. The first-order valence-electron chi connectivity index (χ1n) is 7.86. The van der Waals surface area contributed by atoms with Crippen molar-refractivity contribution >= 4 is 34.9 Å². The molecule has 3 rings (SSSR count). The van der Waals surface area contributed by atoms with Gasteiger partial charge < -0.3 is 10.4 Å². The first-order valence-corrected chi connectivity index (χ1v) is 8.62. The monoisotopic (exact) mass is 376 g/mol. The molecule has 0 amide bonds. The van der Waals surface area contributed by atoms with Gasteiger partial charge in [0.25, 0.3) is 0 Å². The number of nitrogens with zero attached hydrogens (tertiary/aromatic N) is 2. The zero-order valence-corrected chi connectivity index (χ0v) is 15.1. The van der Waals surface area contributed by atoms with E-state index in [1.54, 1.807) is 29.3 Å². The molecule has 1 aliphatic rings. The molecule has 0 aromatic heterocycles. The number of nitrogens with one attached hydrogen (secondary N) is 2. The second-order valence-electron chi connectivity index (χ2n) is 5.92. The number of halogens is 2. The van der Waals surface area contributed by atoms with Crippen molar-refractivity contribution in [1.82, 2.24) is 10.3 Å². The predicted octanol–water partition coefficient (Wildman–Crippen LogP) is 4.08. The molecule has 0 radical (unpaired) electrons. The number of guanidine groups is 1. The van der Waals surface area contributed by atoms with E-state index in [0.29, 0.717) is 28.7 Å². The molecule has 0 fully saturated rings. The van der Waals surface area contributed by atoms with Gasteiger partial charge >= 0.3 is 0 Å². The highest BCUT2D eigenvalue weighted by molar-refractivity contribution is 6.35. The van der Waals surface area contributed by atoms with Crippen LogP contribution in [0.1, 0.15) is 18.1 Å². The van der Waals surface area contributed by atoms with Crippen molar-refractivity contribution in [3.63, 3.8) is 0 Å². The maximum absolute atomic E-state index is 10.0. The molecule has 0 bridgehead atoms. The molecule has 7 heteroatoms. The van der Waals surface area contributed by atoms with Gasteiger partial charge in [-0.3, -0.25) is 5.41 Å². The molecule has 5 nitrogen and oxygen atoms in total. The fraction of sp³-hybridized carbons (Fsp3) is 0.222. The quantitative estimate of drug-likeness (QED) is 0.558. The van der Waals surface area contributed by atoms with Crippen LogP contribution < -0.4 is 5.32 Å². The van der Waals surface area contributed by atoms with E-state index in [1.165, 1.54) is 0 Å². The SMILES string of the molecule is CC1CN(C(=N)NCc2ccc(Cl)cc2Cl)N=C1c1ccccc1O. The van der Waals surface area contributed by atoms with Gasteiger partial charge in [0.15, 0.2) is 0 Å². The van der Waals surface area contributed by atoms with Crippen molar-refractivity contribution in [3.8, 4) is 5.75 Å². The number of phenols is 1. The van der Waals surface area contributed by atoms with E-state index in [-0.39, 0.29) is 17.6 Å². The summed E-state index contributed by atoms with van der Waals surface area (Å²) in [6.07, 6.45) is 0. The van der Waals surface area contributed by atoms with E-state index < -0.39 is 0 Å². The molecular weight excluding hydrogens is 359 g/mol. The molecule has 0 saturated heterocycles. The van der Waals surface area contributed by atoms with Crippen molar-refractivity contribution < 1.29 is 5.11 Å². The Labute approximate surface area is 156 Å². The Balaban J connectivity index is 1.70. The summed E-state index contributed by atoms with van der Waals surface area (Å²) in [5.74, 6) is 0.486. The number of phenolic OH excluding ortho intramolecular Hbond substituents is 1. The molecule has 2 aromatic rings. The molecule has 1 unspecified atom stereocenters. The van der Waals surface area contributed by atoms with E-state index in [4.69, 9.17) is 28.6 Å². The number of para-hydroxylation sites is 1. The molecule has 1 aliphatic heterocycles. The van der Waals surface area contributed by atoms with Crippen LogP contribution >= 0.6 is 23.2 Å². The Morgan fingerprint density at radius 3 is 2.80 bits per heavy atom.